The van der Waals surface area contributed by atoms with E-state index in [1.807, 2.05) is 54.3 Å². The third kappa shape index (κ3) is 3.93. The van der Waals surface area contributed by atoms with Crippen molar-refractivity contribution in [2.24, 2.45) is 0 Å². The Bertz CT molecular complexity index is 1130. The van der Waals surface area contributed by atoms with Crippen LogP contribution in [0.1, 0.15) is 28.2 Å². The molecule has 7 heteroatoms. The number of amides is 1. The number of carbonyl (C=O) groups is 1. The highest BCUT2D eigenvalue weighted by Gasteiger charge is 2.35. The molecule has 1 atom stereocenters. The number of benzene rings is 3. The van der Waals surface area contributed by atoms with Gasteiger partial charge in [-0.25, -0.2) is 0 Å². The summed E-state index contributed by atoms with van der Waals surface area (Å²) in [5.74, 6) is 3.21. The van der Waals surface area contributed by atoms with Gasteiger partial charge >= 0.3 is 0 Å². The zero-order valence-electron chi connectivity index (χ0n) is 18.7. The van der Waals surface area contributed by atoms with E-state index in [9.17, 15) is 4.79 Å². The molecule has 3 aromatic rings. The first-order valence-corrected chi connectivity index (χ1v) is 11.5. The van der Waals surface area contributed by atoms with Gasteiger partial charge in [-0.2, -0.15) is 0 Å². The summed E-state index contributed by atoms with van der Waals surface area (Å²) in [6, 6.07) is 15.5. The fourth-order valence-electron chi connectivity index (χ4n) is 4.07. The minimum atomic E-state index is -0.217. The first-order chi connectivity index (χ1) is 15.6. The predicted octanol–water partition coefficient (Wildman–Crippen LogP) is 5.15. The minimum absolute atomic E-state index is 0.0583. The van der Waals surface area contributed by atoms with Crippen molar-refractivity contribution in [3.8, 4) is 23.0 Å². The van der Waals surface area contributed by atoms with Crippen LogP contribution < -0.4 is 18.9 Å². The molecule has 0 aromatic heterocycles. The second-order valence-electron chi connectivity index (χ2n) is 7.26. The van der Waals surface area contributed by atoms with Gasteiger partial charge in [0.2, 0.25) is 0 Å². The van der Waals surface area contributed by atoms with Crippen LogP contribution in [0.4, 0.5) is 0 Å². The Morgan fingerprint density at radius 3 is 2.41 bits per heavy atom. The van der Waals surface area contributed by atoms with Crippen LogP contribution in [-0.4, -0.2) is 51.0 Å². The third-order valence-corrected chi connectivity index (χ3v) is 6.80. The molecular formula is C25H27NO5S. The highest BCUT2D eigenvalue weighted by Crippen LogP contribution is 2.47. The van der Waals surface area contributed by atoms with Gasteiger partial charge in [-0.15, -0.1) is 11.8 Å². The van der Waals surface area contributed by atoms with Gasteiger partial charge in [0.25, 0.3) is 5.91 Å². The maximum atomic E-state index is 14.0. The van der Waals surface area contributed by atoms with Crippen molar-refractivity contribution in [1.29, 1.82) is 0 Å². The zero-order chi connectivity index (χ0) is 22.7. The molecule has 6 nitrogen and oxygen atoms in total. The van der Waals surface area contributed by atoms with Gasteiger partial charge in [-0.05, 0) is 29.8 Å². The lowest BCUT2D eigenvalue weighted by molar-refractivity contribution is 0.0757. The lowest BCUT2D eigenvalue weighted by Crippen LogP contribution is -2.31. The van der Waals surface area contributed by atoms with Crippen LogP contribution in [-0.2, 0) is 0 Å². The van der Waals surface area contributed by atoms with Gasteiger partial charge in [0.15, 0.2) is 11.5 Å². The third-order valence-electron chi connectivity index (χ3n) is 5.56. The van der Waals surface area contributed by atoms with E-state index in [1.54, 1.807) is 39.2 Å². The molecule has 0 aliphatic carbocycles. The number of hydrogen-bond donors (Lipinski definition) is 0. The highest BCUT2D eigenvalue weighted by molar-refractivity contribution is 7.99. The summed E-state index contributed by atoms with van der Waals surface area (Å²) in [4.78, 5) is 15.8. The number of hydrogen-bond acceptors (Lipinski definition) is 6. The Labute approximate surface area is 192 Å². The smallest absolute Gasteiger partial charge is 0.259 e. The molecule has 1 heterocycles. The van der Waals surface area contributed by atoms with Crippen molar-refractivity contribution in [1.82, 2.24) is 4.90 Å². The van der Waals surface area contributed by atoms with Gasteiger partial charge < -0.3 is 23.8 Å². The number of thioether (sulfide) groups is 1. The fraction of sp³-hybridized carbons (Fsp3) is 0.320. The number of carbonyl (C=O) groups excluding carboxylic acids is 1. The first-order valence-electron chi connectivity index (χ1n) is 10.5. The van der Waals surface area contributed by atoms with Crippen LogP contribution in [0.25, 0.3) is 10.8 Å². The number of nitrogens with zero attached hydrogens (tertiary/aromatic N) is 1. The van der Waals surface area contributed by atoms with E-state index in [1.165, 1.54) is 0 Å². The second-order valence-corrected chi connectivity index (χ2v) is 8.45. The number of ether oxygens (including phenoxy) is 4. The van der Waals surface area contributed by atoms with E-state index in [4.69, 9.17) is 18.9 Å². The van der Waals surface area contributed by atoms with Crippen LogP contribution in [0.5, 0.6) is 23.0 Å². The summed E-state index contributed by atoms with van der Waals surface area (Å²) in [6.45, 7) is 3.03. The zero-order valence-corrected chi connectivity index (χ0v) is 19.5. The van der Waals surface area contributed by atoms with Crippen LogP contribution in [0.2, 0.25) is 0 Å². The van der Waals surface area contributed by atoms with Crippen LogP contribution in [0, 0.1) is 0 Å². The molecule has 4 rings (SSSR count). The van der Waals surface area contributed by atoms with Crippen molar-refractivity contribution in [3.63, 3.8) is 0 Å². The highest BCUT2D eigenvalue weighted by atomic mass is 32.2. The summed E-state index contributed by atoms with van der Waals surface area (Å²) in [5.41, 5.74) is 1.47. The molecule has 0 saturated carbocycles. The Morgan fingerprint density at radius 1 is 0.969 bits per heavy atom. The predicted molar refractivity (Wildman–Crippen MR) is 127 cm³/mol. The van der Waals surface area contributed by atoms with Gasteiger partial charge in [-0.1, -0.05) is 30.3 Å². The molecule has 0 spiro atoms. The van der Waals surface area contributed by atoms with E-state index in [2.05, 4.69) is 0 Å². The van der Waals surface area contributed by atoms with Crippen LogP contribution >= 0.6 is 11.8 Å². The number of methoxy groups -OCH3 is 3. The minimum Gasteiger partial charge on any atom is -0.496 e. The molecule has 1 aliphatic heterocycles. The van der Waals surface area contributed by atoms with Crippen LogP contribution in [0.3, 0.4) is 0 Å². The van der Waals surface area contributed by atoms with E-state index in [0.717, 1.165) is 22.1 Å². The van der Waals surface area contributed by atoms with E-state index in [0.29, 0.717) is 41.7 Å². The summed E-state index contributed by atoms with van der Waals surface area (Å²) < 4.78 is 22.5. The largest absolute Gasteiger partial charge is 0.496 e. The first kappa shape index (κ1) is 22.1. The molecule has 1 saturated heterocycles. The molecule has 168 valence electrons. The molecule has 0 bridgehead atoms. The normalized spacial score (nSPS) is 15.6. The lowest BCUT2D eigenvalue weighted by Gasteiger charge is -2.27. The molecule has 1 amide bonds. The fourth-order valence-corrected chi connectivity index (χ4v) is 5.34. The number of rotatable bonds is 7. The molecule has 0 radical (unpaired) electrons. The average Bonchev–Trinajstić information content (AvgIpc) is 3.32. The van der Waals surface area contributed by atoms with Gasteiger partial charge in [0.05, 0.1) is 33.5 Å². The Hall–Kier alpha value is -3.06. The van der Waals surface area contributed by atoms with E-state index in [-0.39, 0.29) is 11.3 Å². The van der Waals surface area contributed by atoms with Crippen molar-refractivity contribution >= 4 is 28.4 Å². The topological polar surface area (TPSA) is 57.2 Å². The Kier molecular flexibility index (Phi) is 6.65. The standard InChI is InChI=1S/C25H27NO5S/c1-5-31-19-11-10-16-8-6-7-9-17(16)23(19)24(27)26-12-13-32-25(26)18-14-21(29-3)22(30-4)15-20(18)28-2/h6-11,14-15,25H,5,12-13H2,1-4H3. The lowest BCUT2D eigenvalue weighted by atomic mass is 10.0. The van der Waals surface area contributed by atoms with Gasteiger partial charge in [0, 0.05) is 23.9 Å². The van der Waals surface area contributed by atoms with Crippen molar-refractivity contribution in [2.45, 2.75) is 12.3 Å². The molecule has 1 unspecified atom stereocenters. The molecule has 32 heavy (non-hydrogen) atoms. The molecule has 1 fully saturated rings. The average molecular weight is 454 g/mol. The molecular weight excluding hydrogens is 426 g/mol. The quantitative estimate of drug-likeness (QED) is 0.493. The summed E-state index contributed by atoms with van der Waals surface area (Å²) >= 11 is 1.70. The van der Waals surface area contributed by atoms with Gasteiger partial charge in [0.1, 0.15) is 16.9 Å². The Morgan fingerprint density at radius 2 is 1.69 bits per heavy atom. The summed E-state index contributed by atoms with van der Waals surface area (Å²) in [6.07, 6.45) is 0. The molecule has 0 N–H and O–H groups in total. The van der Waals surface area contributed by atoms with E-state index >= 15 is 0 Å². The summed E-state index contributed by atoms with van der Waals surface area (Å²) in [5, 5.41) is 1.68. The molecule has 3 aromatic carbocycles. The van der Waals surface area contributed by atoms with Crippen molar-refractivity contribution in [2.75, 3.05) is 40.2 Å². The maximum Gasteiger partial charge on any atom is 0.259 e. The van der Waals surface area contributed by atoms with Crippen molar-refractivity contribution < 1.29 is 23.7 Å². The molecule has 1 aliphatic rings. The van der Waals surface area contributed by atoms with E-state index < -0.39 is 0 Å². The maximum absolute atomic E-state index is 14.0. The number of fused-ring (bicyclic) bond motifs is 1. The SMILES string of the molecule is CCOc1ccc2ccccc2c1C(=O)N1CCSC1c1cc(OC)c(OC)cc1OC. The summed E-state index contributed by atoms with van der Waals surface area (Å²) in [7, 11) is 4.81. The second kappa shape index (κ2) is 9.61. The van der Waals surface area contributed by atoms with Crippen molar-refractivity contribution in [3.05, 3.63) is 59.7 Å². The monoisotopic (exact) mass is 453 g/mol. The Balaban J connectivity index is 1.80. The van der Waals surface area contributed by atoms with Gasteiger partial charge in [-0.3, -0.25) is 4.79 Å². The van der Waals surface area contributed by atoms with Crippen LogP contribution in [0.15, 0.2) is 48.5 Å².